The van der Waals surface area contributed by atoms with Crippen LogP contribution in [0, 0.1) is 11.8 Å². The summed E-state index contributed by atoms with van der Waals surface area (Å²) in [7, 11) is 3.22. The van der Waals surface area contributed by atoms with E-state index >= 15 is 0 Å². The molecule has 0 aliphatic carbocycles. The van der Waals surface area contributed by atoms with Crippen LogP contribution in [-0.2, 0) is 11.3 Å². The molecular formula is C18H16N2O3S. The smallest absolute Gasteiger partial charge is 0.272 e. The molecule has 0 aliphatic rings. The Morgan fingerprint density at radius 2 is 2.00 bits per heavy atom. The summed E-state index contributed by atoms with van der Waals surface area (Å²) < 4.78 is 12.2. The van der Waals surface area contributed by atoms with Gasteiger partial charge in [0.05, 0.1) is 25.5 Å². The van der Waals surface area contributed by atoms with E-state index in [-0.39, 0.29) is 5.56 Å². The zero-order valence-electron chi connectivity index (χ0n) is 13.4. The number of rotatable bonds is 4. The van der Waals surface area contributed by atoms with Crippen LogP contribution in [0.5, 0.6) is 5.75 Å². The van der Waals surface area contributed by atoms with Crippen LogP contribution in [0.15, 0.2) is 41.5 Å². The summed E-state index contributed by atoms with van der Waals surface area (Å²) in [5.74, 6) is 6.53. The normalized spacial score (nSPS) is 10.4. The minimum absolute atomic E-state index is 0.0727. The van der Waals surface area contributed by atoms with E-state index in [2.05, 4.69) is 16.8 Å². The van der Waals surface area contributed by atoms with Crippen LogP contribution in [0.2, 0.25) is 0 Å². The third-order valence-corrected chi connectivity index (χ3v) is 4.63. The van der Waals surface area contributed by atoms with Crippen molar-refractivity contribution in [1.29, 1.82) is 0 Å². The highest BCUT2D eigenvalue weighted by Crippen LogP contribution is 2.31. The fourth-order valence-electron chi connectivity index (χ4n) is 2.22. The van der Waals surface area contributed by atoms with E-state index in [0.717, 1.165) is 16.2 Å². The number of ether oxygens (including phenoxy) is 2. The molecule has 24 heavy (non-hydrogen) atoms. The Bertz CT molecular complexity index is 962. The second-order valence-electron chi connectivity index (χ2n) is 5.02. The maximum absolute atomic E-state index is 12.6. The lowest BCUT2D eigenvalue weighted by Gasteiger charge is -2.00. The molecule has 6 heteroatoms. The van der Waals surface area contributed by atoms with Gasteiger partial charge >= 0.3 is 0 Å². The van der Waals surface area contributed by atoms with Crippen LogP contribution in [-0.4, -0.2) is 30.4 Å². The van der Waals surface area contributed by atoms with Crippen molar-refractivity contribution in [2.75, 3.05) is 20.8 Å². The fourth-order valence-corrected chi connectivity index (χ4v) is 3.28. The lowest BCUT2D eigenvalue weighted by Crippen LogP contribution is -2.18. The van der Waals surface area contributed by atoms with Gasteiger partial charge in [-0.25, -0.2) is 4.98 Å². The third-order valence-electron chi connectivity index (χ3n) is 3.47. The number of hydrogen-bond acceptors (Lipinski definition) is 5. The van der Waals surface area contributed by atoms with Gasteiger partial charge < -0.3 is 9.47 Å². The molecule has 2 aromatic heterocycles. The van der Waals surface area contributed by atoms with E-state index in [1.165, 1.54) is 22.2 Å². The predicted molar refractivity (Wildman–Crippen MR) is 95.5 cm³/mol. The van der Waals surface area contributed by atoms with Crippen LogP contribution in [0.4, 0.5) is 0 Å². The predicted octanol–water partition coefficient (Wildman–Crippen LogP) is 2.78. The van der Waals surface area contributed by atoms with Gasteiger partial charge in [0.2, 0.25) is 0 Å². The highest BCUT2D eigenvalue weighted by Gasteiger charge is 2.10. The molecule has 0 saturated heterocycles. The summed E-state index contributed by atoms with van der Waals surface area (Å²) in [5, 5.41) is 0. The molecule has 0 saturated carbocycles. The van der Waals surface area contributed by atoms with E-state index in [9.17, 15) is 4.79 Å². The molecule has 0 spiro atoms. The van der Waals surface area contributed by atoms with E-state index < -0.39 is 0 Å². The topological polar surface area (TPSA) is 53.4 Å². The van der Waals surface area contributed by atoms with Crippen molar-refractivity contribution < 1.29 is 9.47 Å². The van der Waals surface area contributed by atoms with Gasteiger partial charge in [-0.3, -0.25) is 9.36 Å². The highest BCUT2D eigenvalue weighted by molar-refractivity contribution is 7.22. The molecule has 3 rings (SSSR count). The molecular weight excluding hydrogens is 324 g/mol. The number of benzene rings is 1. The zero-order chi connectivity index (χ0) is 16.9. The molecule has 0 atom stereocenters. The molecule has 0 N–H and O–H groups in total. The van der Waals surface area contributed by atoms with Crippen molar-refractivity contribution in [2.24, 2.45) is 0 Å². The van der Waals surface area contributed by atoms with Gasteiger partial charge in [-0.1, -0.05) is 11.8 Å². The summed E-state index contributed by atoms with van der Waals surface area (Å²) in [6, 6.07) is 9.68. The van der Waals surface area contributed by atoms with Crippen molar-refractivity contribution in [3.8, 4) is 28.0 Å². The van der Waals surface area contributed by atoms with Gasteiger partial charge in [0, 0.05) is 12.0 Å². The molecule has 0 fully saturated rings. The molecule has 0 bridgehead atoms. The van der Waals surface area contributed by atoms with Crippen molar-refractivity contribution in [1.82, 2.24) is 9.55 Å². The zero-order valence-corrected chi connectivity index (χ0v) is 14.2. The highest BCUT2D eigenvalue weighted by atomic mass is 32.1. The van der Waals surface area contributed by atoms with Crippen LogP contribution in [0.25, 0.3) is 20.7 Å². The molecule has 2 heterocycles. The minimum Gasteiger partial charge on any atom is -0.497 e. The van der Waals surface area contributed by atoms with Crippen LogP contribution in [0.3, 0.4) is 0 Å². The molecule has 0 unspecified atom stereocenters. The monoisotopic (exact) mass is 340 g/mol. The van der Waals surface area contributed by atoms with Gasteiger partial charge in [-0.05, 0) is 35.9 Å². The standard InChI is InChI=1S/C18H16N2O3S/c1-22-10-4-3-9-20-12-19-15-11-16(24-17(15)18(20)21)13-5-7-14(23-2)8-6-13/h5-8,11-12H,9-10H2,1-2H3. The Morgan fingerprint density at radius 3 is 2.71 bits per heavy atom. The molecule has 122 valence electrons. The summed E-state index contributed by atoms with van der Waals surface area (Å²) in [4.78, 5) is 17.9. The number of nitrogens with zero attached hydrogens (tertiary/aromatic N) is 2. The molecule has 1 aromatic carbocycles. The maximum Gasteiger partial charge on any atom is 0.272 e. The second-order valence-corrected chi connectivity index (χ2v) is 6.07. The van der Waals surface area contributed by atoms with Gasteiger partial charge in [0.25, 0.3) is 5.56 Å². The second kappa shape index (κ2) is 7.30. The van der Waals surface area contributed by atoms with Crippen LogP contribution in [0.1, 0.15) is 0 Å². The van der Waals surface area contributed by atoms with E-state index in [0.29, 0.717) is 23.4 Å². The third kappa shape index (κ3) is 3.32. The summed E-state index contributed by atoms with van der Waals surface area (Å²) in [5.41, 5.74) is 1.66. The molecule has 0 radical (unpaired) electrons. The number of aromatic nitrogens is 2. The minimum atomic E-state index is -0.0727. The van der Waals surface area contributed by atoms with Crippen LogP contribution < -0.4 is 10.3 Å². The van der Waals surface area contributed by atoms with Crippen LogP contribution >= 0.6 is 11.3 Å². The summed E-state index contributed by atoms with van der Waals surface area (Å²) in [6.07, 6.45) is 1.54. The molecule has 0 amide bonds. The molecule has 0 aliphatic heterocycles. The first-order valence-electron chi connectivity index (χ1n) is 7.31. The van der Waals surface area contributed by atoms with Gasteiger partial charge in [0.15, 0.2) is 0 Å². The Morgan fingerprint density at radius 1 is 1.21 bits per heavy atom. The quantitative estimate of drug-likeness (QED) is 0.685. The Kier molecular flexibility index (Phi) is 4.94. The van der Waals surface area contributed by atoms with Crippen molar-refractivity contribution in [3.63, 3.8) is 0 Å². The number of hydrogen-bond donors (Lipinski definition) is 0. The van der Waals surface area contributed by atoms with Crippen molar-refractivity contribution in [3.05, 3.63) is 47.0 Å². The lowest BCUT2D eigenvalue weighted by atomic mass is 10.2. The van der Waals surface area contributed by atoms with E-state index in [1.54, 1.807) is 14.2 Å². The lowest BCUT2D eigenvalue weighted by molar-refractivity contribution is 0.239. The summed E-state index contributed by atoms with van der Waals surface area (Å²) >= 11 is 1.44. The fraction of sp³-hybridized carbons (Fsp3) is 0.222. The van der Waals surface area contributed by atoms with Gasteiger partial charge in [-0.15, -0.1) is 11.3 Å². The van der Waals surface area contributed by atoms with Gasteiger partial charge in [0.1, 0.15) is 17.1 Å². The van der Waals surface area contributed by atoms with Crippen molar-refractivity contribution >= 4 is 21.6 Å². The molecule has 3 aromatic rings. The first-order chi connectivity index (χ1) is 11.7. The Labute approximate surface area is 143 Å². The van der Waals surface area contributed by atoms with Crippen molar-refractivity contribution in [2.45, 2.75) is 6.54 Å². The first-order valence-corrected chi connectivity index (χ1v) is 8.12. The Balaban J connectivity index is 1.94. The number of methoxy groups -OCH3 is 2. The summed E-state index contributed by atoms with van der Waals surface area (Å²) in [6.45, 7) is 0.659. The average Bonchev–Trinajstić information content (AvgIpc) is 3.05. The Hall–Kier alpha value is -2.62. The largest absolute Gasteiger partial charge is 0.497 e. The average molecular weight is 340 g/mol. The first kappa shape index (κ1) is 16.2. The molecule has 5 nitrogen and oxygen atoms in total. The number of fused-ring (bicyclic) bond motifs is 1. The number of thiophene rings is 1. The van der Waals surface area contributed by atoms with E-state index in [1.807, 2.05) is 30.3 Å². The van der Waals surface area contributed by atoms with Gasteiger partial charge in [-0.2, -0.15) is 0 Å². The SMILES string of the molecule is COCC#CCn1cnc2cc(-c3ccc(OC)cc3)sc2c1=O. The maximum atomic E-state index is 12.6. The van der Waals surface area contributed by atoms with E-state index in [4.69, 9.17) is 9.47 Å².